The molecule has 5 heteroatoms. The average Bonchev–Trinajstić information content (AvgIpc) is 2.96. The van der Waals surface area contributed by atoms with Crippen molar-refractivity contribution in [2.75, 3.05) is 0 Å². The number of hydrogen-bond acceptors (Lipinski definition) is 4. The van der Waals surface area contributed by atoms with E-state index in [2.05, 4.69) is 101 Å². The molecule has 0 aromatic heterocycles. The molecular formula is C33H26N5+. The normalized spacial score (nSPS) is 13.2. The fourth-order valence-electron chi connectivity index (χ4n) is 4.77. The van der Waals surface area contributed by atoms with Gasteiger partial charge in [0.05, 0.1) is 16.8 Å². The molecule has 0 spiro atoms. The molecule has 182 valence electrons. The molecule has 38 heavy (non-hydrogen) atoms. The number of hydrazine groups is 1. The molecule has 0 radical (unpaired) electrons. The molecule has 0 bridgehead atoms. The molecule has 1 heterocycles. The van der Waals surface area contributed by atoms with Crippen molar-refractivity contribution in [2.24, 2.45) is 10.8 Å². The lowest BCUT2D eigenvalue weighted by atomic mass is 9.98. The van der Waals surface area contributed by atoms with Crippen LogP contribution in [0.3, 0.4) is 0 Å². The highest BCUT2D eigenvalue weighted by molar-refractivity contribution is 6.16. The van der Waals surface area contributed by atoms with E-state index in [0.29, 0.717) is 5.70 Å². The number of amidine groups is 2. The summed E-state index contributed by atoms with van der Waals surface area (Å²) >= 11 is 0. The minimum atomic E-state index is 0.701. The van der Waals surface area contributed by atoms with Crippen LogP contribution < -0.4 is 11.3 Å². The monoisotopic (exact) mass is 492 g/mol. The van der Waals surface area contributed by atoms with Crippen LogP contribution in [0.1, 0.15) is 16.7 Å². The van der Waals surface area contributed by atoms with E-state index in [9.17, 15) is 0 Å². The second kappa shape index (κ2) is 10.1. The summed E-state index contributed by atoms with van der Waals surface area (Å²) in [5, 5.41) is 9.62. The van der Waals surface area contributed by atoms with E-state index in [-0.39, 0.29) is 0 Å². The van der Waals surface area contributed by atoms with Crippen LogP contribution in [0.5, 0.6) is 0 Å². The van der Waals surface area contributed by atoms with Crippen molar-refractivity contribution in [3.63, 3.8) is 0 Å². The van der Waals surface area contributed by atoms with Crippen LogP contribution in [0.25, 0.3) is 27.6 Å². The van der Waals surface area contributed by atoms with Gasteiger partial charge in [-0.3, -0.25) is 5.84 Å². The Labute approximate surface area is 221 Å². The number of nitrogens with one attached hydrogen (secondary N) is 2. The van der Waals surface area contributed by atoms with Crippen molar-refractivity contribution in [3.8, 4) is 11.1 Å². The quantitative estimate of drug-likeness (QED) is 0.105. The smallest absolute Gasteiger partial charge is 0.279 e. The summed E-state index contributed by atoms with van der Waals surface area (Å²) in [6.07, 6.45) is 2.87. The first-order chi connectivity index (χ1) is 18.7. The molecule has 4 N–H and O–H groups in total. The number of benzene rings is 5. The summed E-state index contributed by atoms with van der Waals surface area (Å²) in [6.45, 7) is 0. The molecule has 0 aliphatic carbocycles. The Kier molecular flexibility index (Phi) is 6.18. The molecule has 0 atom stereocenters. The van der Waals surface area contributed by atoms with Crippen LogP contribution in [0.4, 0.5) is 5.69 Å². The molecule has 5 aromatic carbocycles. The number of rotatable bonds is 7. The third-order valence-corrected chi connectivity index (χ3v) is 6.71. The van der Waals surface area contributed by atoms with Gasteiger partial charge in [-0.25, -0.2) is 0 Å². The van der Waals surface area contributed by atoms with Crippen molar-refractivity contribution >= 4 is 40.0 Å². The van der Waals surface area contributed by atoms with Crippen molar-refractivity contribution in [2.45, 2.75) is 0 Å². The van der Waals surface area contributed by atoms with E-state index in [1.54, 1.807) is 6.08 Å². The molecule has 6 rings (SSSR count). The molecule has 0 amide bonds. The maximum Gasteiger partial charge on any atom is 0.279 e. The summed E-state index contributed by atoms with van der Waals surface area (Å²) < 4.78 is 2.22. The number of fused-ring (bicyclic) bond motifs is 1. The summed E-state index contributed by atoms with van der Waals surface area (Å²) in [5.41, 5.74) is 9.83. The van der Waals surface area contributed by atoms with Crippen molar-refractivity contribution in [1.29, 1.82) is 5.41 Å². The second-order valence-electron chi connectivity index (χ2n) is 9.04. The van der Waals surface area contributed by atoms with Crippen molar-refractivity contribution in [3.05, 3.63) is 144 Å². The van der Waals surface area contributed by atoms with Gasteiger partial charge in [-0.2, -0.15) is 4.58 Å². The van der Waals surface area contributed by atoms with Gasteiger partial charge in [-0.05, 0) is 82.1 Å². The van der Waals surface area contributed by atoms with Gasteiger partial charge in [-0.1, -0.05) is 77.8 Å². The summed E-state index contributed by atoms with van der Waals surface area (Å²) in [6, 6.07) is 41.8. The van der Waals surface area contributed by atoms with Crippen molar-refractivity contribution in [1.82, 2.24) is 5.43 Å². The van der Waals surface area contributed by atoms with E-state index < -0.39 is 0 Å². The second-order valence-corrected chi connectivity index (χ2v) is 9.04. The molecule has 0 saturated carbocycles. The van der Waals surface area contributed by atoms with Crippen LogP contribution in [0.2, 0.25) is 0 Å². The fraction of sp³-hybridized carbons (Fsp3) is 0. The lowest BCUT2D eigenvalue weighted by molar-refractivity contribution is -0.319. The Balaban J connectivity index is 1.35. The molecular weight excluding hydrogens is 466 g/mol. The van der Waals surface area contributed by atoms with Gasteiger partial charge < -0.3 is 10.8 Å². The zero-order chi connectivity index (χ0) is 25.9. The van der Waals surface area contributed by atoms with Gasteiger partial charge in [0, 0.05) is 6.21 Å². The summed E-state index contributed by atoms with van der Waals surface area (Å²) in [5.74, 6) is 7.55. The number of hydrogen-bond donors (Lipinski definition) is 3. The van der Waals surface area contributed by atoms with E-state index >= 15 is 0 Å². The number of aliphatic imine (C=N–C) groups is 1. The van der Waals surface area contributed by atoms with Gasteiger partial charge in [0.2, 0.25) is 0 Å². The van der Waals surface area contributed by atoms with Crippen LogP contribution in [0.15, 0.2) is 132 Å². The van der Waals surface area contributed by atoms with E-state index in [1.165, 1.54) is 6.21 Å². The van der Waals surface area contributed by atoms with E-state index in [1.807, 2.05) is 30.3 Å². The van der Waals surface area contributed by atoms with Gasteiger partial charge in [0.15, 0.2) is 0 Å². The topological polar surface area (TPSA) is 77.3 Å². The minimum Gasteiger partial charge on any atom is -0.323 e. The first-order valence-corrected chi connectivity index (χ1v) is 12.4. The van der Waals surface area contributed by atoms with Crippen molar-refractivity contribution < 1.29 is 4.58 Å². The van der Waals surface area contributed by atoms with Crippen LogP contribution >= 0.6 is 0 Å². The minimum absolute atomic E-state index is 0.701. The van der Waals surface area contributed by atoms with Crippen LogP contribution in [-0.2, 0) is 0 Å². The molecule has 0 unspecified atom stereocenters. The Morgan fingerprint density at radius 2 is 1.34 bits per heavy atom. The molecule has 5 aromatic rings. The average molecular weight is 493 g/mol. The van der Waals surface area contributed by atoms with Gasteiger partial charge in [0.25, 0.3) is 11.7 Å². The number of nitrogens with zero attached hydrogens (tertiary/aromatic N) is 2. The van der Waals surface area contributed by atoms with Gasteiger partial charge in [0.1, 0.15) is 5.69 Å². The Hall–Kier alpha value is -5.13. The highest BCUT2D eigenvalue weighted by Crippen LogP contribution is 2.29. The Morgan fingerprint density at radius 3 is 2.05 bits per heavy atom. The number of allylic oxidation sites excluding steroid dienone is 1. The van der Waals surface area contributed by atoms with Crippen LogP contribution in [0, 0.1) is 5.41 Å². The fourth-order valence-corrected chi connectivity index (χ4v) is 4.77. The number of para-hydroxylation sites is 1. The van der Waals surface area contributed by atoms with Crippen LogP contribution in [-0.4, -0.2) is 22.5 Å². The summed E-state index contributed by atoms with van der Waals surface area (Å²) in [7, 11) is 0. The predicted molar refractivity (Wildman–Crippen MR) is 157 cm³/mol. The van der Waals surface area contributed by atoms with E-state index in [4.69, 9.17) is 16.2 Å². The molecule has 5 nitrogen and oxygen atoms in total. The molecule has 1 aliphatic rings. The maximum atomic E-state index is 7.37. The third-order valence-electron chi connectivity index (χ3n) is 6.71. The molecule has 0 saturated heterocycles. The highest BCUT2D eigenvalue weighted by atomic mass is 15.2. The highest BCUT2D eigenvalue weighted by Gasteiger charge is 2.32. The first-order valence-electron chi connectivity index (χ1n) is 12.4. The largest absolute Gasteiger partial charge is 0.323 e. The third kappa shape index (κ3) is 4.32. The predicted octanol–water partition coefficient (Wildman–Crippen LogP) is 6.51. The maximum absolute atomic E-state index is 7.37. The Morgan fingerprint density at radius 1 is 0.684 bits per heavy atom. The van der Waals surface area contributed by atoms with Gasteiger partial charge >= 0.3 is 0 Å². The van der Waals surface area contributed by atoms with Gasteiger partial charge in [-0.15, -0.1) is 0 Å². The first kappa shape index (κ1) is 23.3. The standard InChI is InChI=1S/C33H26N5/c34-20-19-31(37-35)28-18-14-24-13-17-27(21-29(24)22-28)23-11-15-26(16-12-23)33-36-32(25-7-3-1-4-8-25)38(33)30-9-5-2-6-10-30/h1-22,34,37H,35H2/q+1/b31-19-,34-20?. The number of nitrogens with two attached hydrogens (primary N) is 1. The Bertz CT molecular complexity index is 1730. The lowest BCUT2D eigenvalue weighted by Gasteiger charge is -2.19. The summed E-state index contributed by atoms with van der Waals surface area (Å²) in [4.78, 5) is 4.93. The van der Waals surface area contributed by atoms with E-state index in [0.717, 1.165) is 55.9 Å². The lowest BCUT2D eigenvalue weighted by Crippen LogP contribution is -2.34. The molecule has 1 aliphatic heterocycles. The SMILES string of the molecule is N=C/C=C(\NN)c1ccc2ccc(-c3ccc(C4=[N+](c5ccccc5)C(c5ccccc5)=N4)cc3)cc2c1. The zero-order valence-electron chi connectivity index (χ0n) is 20.7. The molecule has 0 fully saturated rings. The zero-order valence-corrected chi connectivity index (χ0v) is 20.7.